The third-order valence-electron chi connectivity index (χ3n) is 7.57. The standard InChI is InChI=1S/C33H37N3O4S/c1-3-34-32(38)24-10-8-23(9-11-24)30-28-26(16-17-27(31(28)41-30)33(39)35-4-2)29(37)22-12-14-25(15-13-22)40-21-20-36-18-6-5-7-19-36/h8-17,30H,3-7,18-21H2,1-2H3,(H,34,38)(H,35,39). The molecule has 2 heterocycles. The first-order valence-corrected chi connectivity index (χ1v) is 15.4. The van der Waals surface area contributed by atoms with Crippen molar-refractivity contribution in [1.82, 2.24) is 15.5 Å². The van der Waals surface area contributed by atoms with Gasteiger partial charge in [0, 0.05) is 41.2 Å². The Labute approximate surface area is 246 Å². The molecule has 2 N–H and O–H groups in total. The van der Waals surface area contributed by atoms with Crippen LogP contribution in [0, 0.1) is 0 Å². The summed E-state index contributed by atoms with van der Waals surface area (Å²) in [6, 6.07) is 18.3. The zero-order valence-electron chi connectivity index (χ0n) is 23.7. The average molecular weight is 572 g/mol. The number of hydrogen-bond donors (Lipinski definition) is 2. The van der Waals surface area contributed by atoms with E-state index in [1.165, 1.54) is 19.3 Å². The van der Waals surface area contributed by atoms with Crippen molar-refractivity contribution in [2.45, 2.75) is 43.3 Å². The van der Waals surface area contributed by atoms with Gasteiger partial charge in [-0.15, -0.1) is 11.8 Å². The van der Waals surface area contributed by atoms with E-state index in [0.717, 1.165) is 41.4 Å². The molecular formula is C33H37N3O4S. The summed E-state index contributed by atoms with van der Waals surface area (Å²) < 4.78 is 5.96. The van der Waals surface area contributed by atoms with Crippen molar-refractivity contribution in [3.63, 3.8) is 0 Å². The molecule has 0 saturated carbocycles. The number of fused-ring (bicyclic) bond motifs is 1. The molecule has 1 atom stereocenters. The van der Waals surface area contributed by atoms with E-state index in [-0.39, 0.29) is 22.8 Å². The third kappa shape index (κ3) is 6.49. The number of carbonyl (C=O) groups excluding carboxylic acids is 3. The molecule has 7 nitrogen and oxygen atoms in total. The van der Waals surface area contributed by atoms with Gasteiger partial charge in [0.15, 0.2) is 5.78 Å². The molecule has 5 rings (SSSR count). The molecule has 0 radical (unpaired) electrons. The van der Waals surface area contributed by atoms with E-state index in [0.29, 0.717) is 42.0 Å². The van der Waals surface area contributed by atoms with Gasteiger partial charge >= 0.3 is 0 Å². The first-order chi connectivity index (χ1) is 20.0. The SMILES string of the molecule is CCNC(=O)c1ccc(C2Sc3c(C(=O)NCC)ccc(C(=O)c4ccc(OCCN5CCCCC5)cc4)c32)cc1. The van der Waals surface area contributed by atoms with Crippen LogP contribution >= 0.6 is 11.8 Å². The Morgan fingerprint density at radius 3 is 2.12 bits per heavy atom. The minimum Gasteiger partial charge on any atom is -0.492 e. The molecule has 1 unspecified atom stereocenters. The summed E-state index contributed by atoms with van der Waals surface area (Å²) in [5, 5.41) is 5.58. The number of nitrogens with zero attached hydrogens (tertiary/aromatic N) is 1. The molecular weight excluding hydrogens is 534 g/mol. The highest BCUT2D eigenvalue weighted by Crippen LogP contribution is 2.56. The lowest BCUT2D eigenvalue weighted by atomic mass is 9.90. The minimum atomic E-state index is -0.147. The highest BCUT2D eigenvalue weighted by molar-refractivity contribution is 8.01. The van der Waals surface area contributed by atoms with Crippen LogP contribution in [-0.4, -0.2) is 61.8 Å². The lowest BCUT2D eigenvalue weighted by Gasteiger charge is -2.33. The summed E-state index contributed by atoms with van der Waals surface area (Å²) in [6.07, 6.45) is 3.82. The normalized spacial score (nSPS) is 16.3. The largest absolute Gasteiger partial charge is 0.492 e. The molecule has 0 spiro atoms. The Balaban J connectivity index is 1.36. The van der Waals surface area contributed by atoms with E-state index >= 15 is 0 Å². The molecule has 1 saturated heterocycles. The van der Waals surface area contributed by atoms with Crippen LogP contribution < -0.4 is 15.4 Å². The van der Waals surface area contributed by atoms with Gasteiger partial charge < -0.3 is 15.4 Å². The molecule has 1 fully saturated rings. The second kappa shape index (κ2) is 13.4. The van der Waals surface area contributed by atoms with Gasteiger partial charge in [-0.05, 0) is 99.4 Å². The van der Waals surface area contributed by atoms with Gasteiger partial charge in [-0.3, -0.25) is 19.3 Å². The fourth-order valence-electron chi connectivity index (χ4n) is 5.38. The van der Waals surface area contributed by atoms with Crippen molar-refractivity contribution in [3.8, 4) is 5.75 Å². The zero-order valence-corrected chi connectivity index (χ0v) is 24.5. The highest BCUT2D eigenvalue weighted by Gasteiger charge is 2.37. The van der Waals surface area contributed by atoms with Gasteiger partial charge in [-0.1, -0.05) is 18.6 Å². The molecule has 41 heavy (non-hydrogen) atoms. The average Bonchev–Trinajstić information content (AvgIpc) is 2.98. The quantitative estimate of drug-likeness (QED) is 0.297. The monoisotopic (exact) mass is 571 g/mol. The van der Waals surface area contributed by atoms with Gasteiger partial charge in [0.1, 0.15) is 12.4 Å². The van der Waals surface area contributed by atoms with Gasteiger partial charge in [0.05, 0.1) is 10.8 Å². The number of thioether (sulfide) groups is 1. The predicted molar refractivity (Wildman–Crippen MR) is 162 cm³/mol. The summed E-state index contributed by atoms with van der Waals surface area (Å²) in [5.74, 6) is 0.395. The van der Waals surface area contributed by atoms with Gasteiger partial charge in [-0.25, -0.2) is 0 Å². The molecule has 0 aliphatic carbocycles. The van der Waals surface area contributed by atoms with Crippen LogP contribution in [0.4, 0.5) is 0 Å². The topological polar surface area (TPSA) is 87.7 Å². The van der Waals surface area contributed by atoms with Crippen LogP contribution in [0.1, 0.15) is 86.1 Å². The van der Waals surface area contributed by atoms with Crippen LogP contribution in [0.25, 0.3) is 0 Å². The summed E-state index contributed by atoms with van der Waals surface area (Å²) >= 11 is 1.57. The summed E-state index contributed by atoms with van der Waals surface area (Å²) in [5.41, 5.74) is 4.17. The smallest absolute Gasteiger partial charge is 0.252 e. The second-order valence-electron chi connectivity index (χ2n) is 10.3. The number of amides is 2. The fourth-order valence-corrected chi connectivity index (χ4v) is 6.73. The Bertz CT molecular complexity index is 1400. The summed E-state index contributed by atoms with van der Waals surface area (Å²) in [7, 11) is 0. The molecule has 8 heteroatoms. The lowest BCUT2D eigenvalue weighted by Crippen LogP contribution is -2.33. The number of hydrogen-bond acceptors (Lipinski definition) is 6. The Hall–Kier alpha value is -3.62. The van der Waals surface area contributed by atoms with E-state index in [1.807, 2.05) is 50.2 Å². The third-order valence-corrected chi connectivity index (χ3v) is 8.99. The fraction of sp³-hybridized carbons (Fsp3) is 0.364. The lowest BCUT2D eigenvalue weighted by molar-refractivity contribution is 0.0945. The molecule has 2 aliphatic heterocycles. The number of nitrogens with one attached hydrogen (secondary N) is 2. The van der Waals surface area contributed by atoms with Gasteiger partial charge in [0.2, 0.25) is 0 Å². The minimum absolute atomic E-state index is 0.0900. The summed E-state index contributed by atoms with van der Waals surface area (Å²) in [6.45, 7) is 8.66. The van der Waals surface area contributed by atoms with E-state index in [4.69, 9.17) is 4.74 Å². The maximum absolute atomic E-state index is 13.8. The first-order valence-electron chi connectivity index (χ1n) is 14.5. The van der Waals surface area contributed by atoms with Crippen LogP contribution in [0.3, 0.4) is 0 Å². The van der Waals surface area contributed by atoms with E-state index in [1.54, 1.807) is 36.0 Å². The van der Waals surface area contributed by atoms with Crippen molar-refractivity contribution >= 4 is 29.4 Å². The van der Waals surface area contributed by atoms with E-state index < -0.39 is 0 Å². The Kier molecular flexibility index (Phi) is 9.42. The molecule has 214 valence electrons. The number of ketones is 1. The Morgan fingerprint density at radius 1 is 0.805 bits per heavy atom. The van der Waals surface area contributed by atoms with E-state index in [2.05, 4.69) is 15.5 Å². The molecule has 3 aromatic carbocycles. The van der Waals surface area contributed by atoms with Gasteiger partial charge in [0.25, 0.3) is 11.8 Å². The second-order valence-corrected chi connectivity index (χ2v) is 11.5. The van der Waals surface area contributed by atoms with Gasteiger partial charge in [-0.2, -0.15) is 0 Å². The number of benzene rings is 3. The number of likely N-dealkylation sites (tertiary alicyclic amines) is 1. The molecule has 2 aliphatic rings. The predicted octanol–water partition coefficient (Wildman–Crippen LogP) is 5.48. The van der Waals surface area contributed by atoms with Crippen molar-refractivity contribution in [1.29, 1.82) is 0 Å². The number of piperidine rings is 1. The van der Waals surface area contributed by atoms with Crippen molar-refractivity contribution in [2.75, 3.05) is 39.3 Å². The maximum Gasteiger partial charge on any atom is 0.252 e. The van der Waals surface area contributed by atoms with Crippen LogP contribution in [0.15, 0.2) is 65.6 Å². The Morgan fingerprint density at radius 2 is 1.44 bits per heavy atom. The van der Waals surface area contributed by atoms with Crippen molar-refractivity contribution in [2.24, 2.45) is 0 Å². The zero-order chi connectivity index (χ0) is 28.8. The van der Waals surface area contributed by atoms with E-state index in [9.17, 15) is 14.4 Å². The van der Waals surface area contributed by atoms with Crippen LogP contribution in [-0.2, 0) is 0 Å². The first kappa shape index (κ1) is 28.9. The molecule has 3 aromatic rings. The van der Waals surface area contributed by atoms with Crippen LogP contribution in [0.2, 0.25) is 0 Å². The number of ether oxygens (including phenoxy) is 1. The molecule has 0 bridgehead atoms. The molecule has 2 amide bonds. The molecule has 0 aromatic heterocycles. The van der Waals surface area contributed by atoms with Crippen molar-refractivity contribution in [3.05, 3.63) is 94.0 Å². The summed E-state index contributed by atoms with van der Waals surface area (Å²) in [4.78, 5) is 42.0. The van der Waals surface area contributed by atoms with Crippen molar-refractivity contribution < 1.29 is 19.1 Å². The van der Waals surface area contributed by atoms with Crippen LogP contribution in [0.5, 0.6) is 5.75 Å². The highest BCUT2D eigenvalue weighted by atomic mass is 32.2. The number of rotatable bonds is 11. The maximum atomic E-state index is 13.8. The number of carbonyl (C=O) groups is 3.